The molecule has 2 heterocycles. The van der Waals surface area contributed by atoms with Gasteiger partial charge >= 0.3 is 0 Å². The van der Waals surface area contributed by atoms with Gasteiger partial charge in [0.25, 0.3) is 0 Å². The van der Waals surface area contributed by atoms with Crippen molar-refractivity contribution in [2.75, 3.05) is 5.73 Å². The van der Waals surface area contributed by atoms with Crippen molar-refractivity contribution in [3.8, 4) is 0 Å². The molecule has 7 heteroatoms. The number of hydrogen-bond donors (Lipinski definition) is 2. The number of hydrogen-bond acceptors (Lipinski definition) is 7. The maximum absolute atomic E-state index is 12.7. The summed E-state index contributed by atoms with van der Waals surface area (Å²) < 4.78 is 0. The summed E-state index contributed by atoms with van der Waals surface area (Å²) in [6, 6.07) is 18.8. The number of rotatable bonds is 19. The summed E-state index contributed by atoms with van der Waals surface area (Å²) >= 11 is 0.974. The number of anilines is 1. The molecule has 0 aliphatic rings. The van der Waals surface area contributed by atoms with Crippen LogP contribution < -0.4 is 10.6 Å². The number of carbonyl (C=O) groups excluding carboxylic acids is 1. The summed E-state index contributed by atoms with van der Waals surface area (Å²) in [4.78, 5) is 25.0. The first-order chi connectivity index (χ1) is 19.7. The Morgan fingerprint density at radius 1 is 0.775 bits per heavy atom. The maximum atomic E-state index is 12.7. The van der Waals surface area contributed by atoms with Crippen LogP contribution in [0.25, 0.3) is 0 Å². The number of pyridine rings is 2. The van der Waals surface area contributed by atoms with Crippen LogP contribution in [0.3, 0.4) is 0 Å². The zero-order valence-electron chi connectivity index (χ0n) is 23.9. The van der Waals surface area contributed by atoms with Gasteiger partial charge in [-0.1, -0.05) is 89.7 Å². The van der Waals surface area contributed by atoms with Gasteiger partial charge in [0, 0.05) is 35.6 Å². The first kappa shape index (κ1) is 31.3. The Hall–Kier alpha value is -3.19. The second-order valence-corrected chi connectivity index (χ2v) is 11.0. The second kappa shape index (κ2) is 19.0. The van der Waals surface area contributed by atoms with Crippen LogP contribution in [0.5, 0.6) is 0 Å². The molecule has 0 saturated carbocycles. The molecule has 0 aliphatic carbocycles. The third-order valence-corrected chi connectivity index (χ3v) is 7.66. The predicted octanol–water partition coefficient (Wildman–Crippen LogP) is 8.72. The highest BCUT2D eigenvalue weighted by Gasteiger charge is 2.23. The summed E-state index contributed by atoms with van der Waals surface area (Å²) in [5.74, 6) is -0.185. The Balaban J connectivity index is 1.59. The third kappa shape index (κ3) is 11.5. The third-order valence-electron chi connectivity index (χ3n) is 7.06. The van der Waals surface area contributed by atoms with Crippen molar-refractivity contribution in [3.63, 3.8) is 0 Å². The summed E-state index contributed by atoms with van der Waals surface area (Å²) in [5, 5.41) is 4.64. The zero-order chi connectivity index (χ0) is 28.3. The molecule has 0 atom stereocenters. The Kier molecular flexibility index (Phi) is 14.9. The van der Waals surface area contributed by atoms with E-state index in [-0.39, 0.29) is 11.0 Å². The number of hydrazone groups is 1. The molecule has 6 nitrogen and oxygen atoms in total. The molecule has 0 radical (unpaired) electrons. The van der Waals surface area contributed by atoms with Gasteiger partial charge in [0.15, 0.2) is 0 Å². The molecule has 1 aromatic carbocycles. The van der Waals surface area contributed by atoms with E-state index in [4.69, 9.17) is 10.8 Å². The van der Waals surface area contributed by atoms with Crippen LogP contribution in [0.2, 0.25) is 0 Å². The summed E-state index contributed by atoms with van der Waals surface area (Å²) in [6.07, 6.45) is 20.0. The van der Waals surface area contributed by atoms with Crippen LogP contribution in [-0.4, -0.2) is 20.8 Å². The molecule has 0 spiro atoms. The van der Waals surface area contributed by atoms with Crippen LogP contribution in [-0.2, 0) is 0 Å². The number of nitrogens with zero attached hydrogens (tertiary/aromatic N) is 3. The lowest BCUT2D eigenvalue weighted by Gasteiger charge is -2.19. The van der Waals surface area contributed by atoms with Crippen LogP contribution in [0, 0.1) is 0 Å². The normalized spacial score (nSPS) is 11.6. The highest BCUT2D eigenvalue weighted by Crippen LogP contribution is 2.26. The van der Waals surface area contributed by atoms with E-state index in [0.29, 0.717) is 11.3 Å². The number of benzene rings is 1. The van der Waals surface area contributed by atoms with Gasteiger partial charge in [0.1, 0.15) is 0 Å². The zero-order valence-corrected chi connectivity index (χ0v) is 24.7. The molecule has 2 aromatic heterocycles. The minimum Gasteiger partial charge on any atom is -0.399 e. The maximum Gasteiger partial charge on any atom is 0.240 e. The molecule has 3 N–H and O–H groups in total. The van der Waals surface area contributed by atoms with Crippen molar-refractivity contribution < 1.29 is 4.79 Å². The molecule has 0 bridgehead atoms. The molecule has 0 amide bonds. The van der Waals surface area contributed by atoms with E-state index in [9.17, 15) is 4.79 Å². The predicted molar refractivity (Wildman–Crippen MR) is 169 cm³/mol. The van der Waals surface area contributed by atoms with E-state index in [2.05, 4.69) is 21.7 Å². The fraction of sp³-hybridized carbons (Fsp3) is 0.455. The van der Waals surface area contributed by atoms with E-state index < -0.39 is 0 Å². The minimum atomic E-state index is -0.185. The highest BCUT2D eigenvalue weighted by molar-refractivity contribution is 8.12. The van der Waals surface area contributed by atoms with Gasteiger partial charge in [0.05, 0.1) is 23.0 Å². The summed E-state index contributed by atoms with van der Waals surface area (Å²) in [7, 11) is 0. The van der Waals surface area contributed by atoms with Crippen molar-refractivity contribution in [3.05, 3.63) is 90.0 Å². The Labute approximate surface area is 244 Å². The molecule has 214 valence electrons. The average molecular weight is 560 g/mol. The van der Waals surface area contributed by atoms with E-state index >= 15 is 0 Å². The van der Waals surface area contributed by atoms with Crippen LogP contribution in [0.4, 0.5) is 5.69 Å². The van der Waals surface area contributed by atoms with E-state index in [0.717, 1.165) is 48.3 Å². The van der Waals surface area contributed by atoms with E-state index in [1.165, 1.54) is 64.2 Å². The fourth-order valence-electron chi connectivity index (χ4n) is 4.80. The van der Waals surface area contributed by atoms with Crippen molar-refractivity contribution in [1.29, 1.82) is 0 Å². The van der Waals surface area contributed by atoms with Crippen molar-refractivity contribution in [2.45, 2.75) is 96.3 Å². The molecule has 0 aliphatic heterocycles. The second-order valence-electron chi connectivity index (χ2n) is 10.3. The topological polar surface area (TPSA) is 93.3 Å². The fourth-order valence-corrected chi connectivity index (χ4v) is 5.30. The van der Waals surface area contributed by atoms with Gasteiger partial charge in [-0.15, -0.1) is 0 Å². The monoisotopic (exact) mass is 559 g/mol. The summed E-state index contributed by atoms with van der Waals surface area (Å²) in [6.45, 7) is 2.27. The van der Waals surface area contributed by atoms with Crippen molar-refractivity contribution in [2.24, 2.45) is 5.10 Å². The van der Waals surface area contributed by atoms with Gasteiger partial charge in [-0.05, 0) is 61.4 Å². The minimum absolute atomic E-state index is 0.110. The Morgan fingerprint density at radius 3 is 1.80 bits per heavy atom. The van der Waals surface area contributed by atoms with Crippen molar-refractivity contribution >= 4 is 28.5 Å². The average Bonchev–Trinajstić information content (AvgIpc) is 2.99. The van der Waals surface area contributed by atoms with Crippen LogP contribution in [0.15, 0.2) is 78.2 Å². The SMILES string of the molecule is CCCCCCCCCCCCCCC(=NNSC(=O)c1ccc(N)cc1)C(c1ccccn1)c1ccccn1. The van der Waals surface area contributed by atoms with Crippen LogP contribution >= 0.6 is 11.9 Å². The lowest BCUT2D eigenvalue weighted by Crippen LogP contribution is -2.19. The molecular formula is C33H45N5OS. The van der Waals surface area contributed by atoms with Gasteiger partial charge in [-0.2, -0.15) is 5.10 Å². The largest absolute Gasteiger partial charge is 0.399 e. The number of nitrogen functional groups attached to an aromatic ring is 1. The molecule has 3 aromatic rings. The van der Waals surface area contributed by atoms with E-state index in [1.54, 1.807) is 36.7 Å². The highest BCUT2D eigenvalue weighted by atomic mass is 32.2. The molecule has 3 rings (SSSR count). The van der Waals surface area contributed by atoms with Gasteiger partial charge in [0.2, 0.25) is 5.12 Å². The first-order valence-corrected chi connectivity index (χ1v) is 15.7. The standard InChI is InChI=1S/C33H45N5OS/c1-2-3-4-5-6-7-8-9-10-11-12-13-20-31(37-38-40-33(39)27-21-23-28(34)24-22-27)32(29-18-14-16-25-35-29)30-19-15-17-26-36-30/h14-19,21-26,32,38H,2-13,20,34H2,1H3. The van der Waals surface area contributed by atoms with Crippen LogP contribution in [0.1, 0.15) is 118 Å². The number of aromatic nitrogens is 2. The molecule has 40 heavy (non-hydrogen) atoms. The number of carbonyl (C=O) groups is 1. The molecular weight excluding hydrogens is 514 g/mol. The number of nitrogens with two attached hydrogens (primary N) is 1. The van der Waals surface area contributed by atoms with E-state index in [1.807, 2.05) is 36.4 Å². The Morgan fingerprint density at radius 2 is 1.30 bits per heavy atom. The first-order valence-electron chi connectivity index (χ1n) is 14.9. The lowest BCUT2D eigenvalue weighted by atomic mass is 9.91. The van der Waals surface area contributed by atoms with Crippen molar-refractivity contribution in [1.82, 2.24) is 14.8 Å². The molecule has 0 unspecified atom stereocenters. The quantitative estimate of drug-likeness (QED) is 0.0501. The Bertz CT molecular complexity index is 1080. The number of nitrogens with one attached hydrogen (secondary N) is 1. The van der Waals surface area contributed by atoms with Gasteiger partial charge < -0.3 is 5.73 Å². The lowest BCUT2D eigenvalue weighted by molar-refractivity contribution is 0.108. The number of unbranched alkanes of at least 4 members (excludes halogenated alkanes) is 11. The smallest absolute Gasteiger partial charge is 0.240 e. The molecule has 0 saturated heterocycles. The molecule has 0 fully saturated rings. The summed E-state index contributed by atoms with van der Waals surface area (Å²) in [5.41, 5.74) is 9.70. The van der Waals surface area contributed by atoms with Gasteiger partial charge in [-0.25, -0.2) is 4.83 Å². The van der Waals surface area contributed by atoms with Gasteiger partial charge in [-0.3, -0.25) is 14.8 Å².